The van der Waals surface area contributed by atoms with Crippen molar-refractivity contribution in [3.63, 3.8) is 0 Å². The second-order valence-electron chi connectivity index (χ2n) is 5.91. The normalized spacial score (nSPS) is 10.8. The summed E-state index contributed by atoms with van der Waals surface area (Å²) in [6.45, 7) is -0.220. The van der Waals surface area contributed by atoms with E-state index >= 15 is 0 Å². The number of para-hydroxylation sites is 1. The van der Waals surface area contributed by atoms with E-state index in [4.69, 9.17) is 0 Å². The number of hydrogen-bond donors (Lipinski definition) is 2. The van der Waals surface area contributed by atoms with E-state index in [1.807, 2.05) is 6.07 Å². The molecule has 0 atom stereocenters. The quantitative estimate of drug-likeness (QED) is 0.575. The molecule has 0 fully saturated rings. The first-order valence-corrected chi connectivity index (χ1v) is 8.23. The van der Waals surface area contributed by atoms with Gasteiger partial charge < -0.3 is 5.32 Å². The van der Waals surface area contributed by atoms with Crippen molar-refractivity contribution in [1.82, 2.24) is 19.3 Å². The van der Waals surface area contributed by atoms with Crippen LogP contribution in [0.5, 0.6) is 0 Å². The molecule has 0 aliphatic heterocycles. The molecule has 4 rings (SSSR count). The largest absolute Gasteiger partial charge is 0.329 e. The van der Waals surface area contributed by atoms with Gasteiger partial charge >= 0.3 is 5.69 Å². The molecule has 1 amide bonds. The van der Waals surface area contributed by atoms with Gasteiger partial charge in [0, 0.05) is 18.1 Å². The molecule has 0 spiro atoms. The molecule has 8 heteroatoms. The van der Waals surface area contributed by atoms with E-state index in [2.05, 4.69) is 15.4 Å². The molecule has 2 heterocycles. The summed E-state index contributed by atoms with van der Waals surface area (Å²) in [6, 6.07) is 15.6. The number of fused-ring (bicyclic) bond motifs is 1. The van der Waals surface area contributed by atoms with Crippen LogP contribution in [0.25, 0.3) is 16.6 Å². The molecular formula is C19H15N5O3. The first kappa shape index (κ1) is 16.5. The highest BCUT2D eigenvalue weighted by Gasteiger charge is 2.11. The van der Waals surface area contributed by atoms with Crippen LogP contribution >= 0.6 is 0 Å². The monoisotopic (exact) mass is 361 g/mol. The minimum absolute atomic E-state index is 0.220. The number of carbonyl (C=O) groups excluding carboxylic acids is 1. The van der Waals surface area contributed by atoms with Gasteiger partial charge in [-0.25, -0.2) is 9.48 Å². The Morgan fingerprint density at radius 3 is 2.74 bits per heavy atom. The summed E-state index contributed by atoms with van der Waals surface area (Å²) in [4.78, 5) is 38.8. The number of benzene rings is 2. The van der Waals surface area contributed by atoms with Crippen LogP contribution in [0.4, 0.5) is 5.69 Å². The van der Waals surface area contributed by atoms with E-state index < -0.39 is 11.2 Å². The predicted octanol–water partition coefficient (Wildman–Crippen LogP) is 1.51. The zero-order valence-electron chi connectivity index (χ0n) is 14.1. The van der Waals surface area contributed by atoms with E-state index in [0.29, 0.717) is 16.6 Å². The molecule has 0 bridgehead atoms. The fraction of sp³-hybridized carbons (Fsp3) is 0.0526. The summed E-state index contributed by atoms with van der Waals surface area (Å²) in [6.07, 6.45) is 3.46. The van der Waals surface area contributed by atoms with Gasteiger partial charge in [-0.2, -0.15) is 5.10 Å². The Balaban J connectivity index is 1.61. The van der Waals surface area contributed by atoms with Crippen molar-refractivity contribution in [3.8, 4) is 5.69 Å². The number of aromatic nitrogens is 4. The van der Waals surface area contributed by atoms with Gasteiger partial charge in [0.05, 0.1) is 16.6 Å². The molecule has 2 N–H and O–H groups in total. The SMILES string of the molecule is O=C(Cn1c(=O)[nH]c(=O)c2ccccc21)Nc1cccc(-n2cccn2)c1. The highest BCUT2D eigenvalue weighted by molar-refractivity contribution is 5.91. The van der Waals surface area contributed by atoms with Gasteiger partial charge in [0.15, 0.2) is 0 Å². The van der Waals surface area contributed by atoms with Crippen LogP contribution in [0, 0.1) is 0 Å². The van der Waals surface area contributed by atoms with Crippen LogP contribution in [0.1, 0.15) is 0 Å². The zero-order chi connectivity index (χ0) is 18.8. The average Bonchev–Trinajstić information content (AvgIpc) is 3.20. The fourth-order valence-electron chi connectivity index (χ4n) is 2.89. The van der Waals surface area contributed by atoms with Crippen molar-refractivity contribution in [1.29, 1.82) is 0 Å². The van der Waals surface area contributed by atoms with Crippen molar-refractivity contribution in [2.45, 2.75) is 6.54 Å². The van der Waals surface area contributed by atoms with Crippen LogP contribution in [0.2, 0.25) is 0 Å². The number of carbonyl (C=O) groups is 1. The van der Waals surface area contributed by atoms with E-state index in [9.17, 15) is 14.4 Å². The molecule has 27 heavy (non-hydrogen) atoms. The summed E-state index contributed by atoms with van der Waals surface area (Å²) >= 11 is 0. The number of anilines is 1. The van der Waals surface area contributed by atoms with Crippen LogP contribution in [-0.2, 0) is 11.3 Å². The number of rotatable bonds is 4. The number of H-pyrrole nitrogens is 1. The molecule has 2 aromatic heterocycles. The first-order valence-electron chi connectivity index (χ1n) is 8.23. The molecule has 0 saturated heterocycles. The molecule has 4 aromatic rings. The van der Waals surface area contributed by atoms with Gasteiger partial charge in [-0.1, -0.05) is 18.2 Å². The molecule has 0 saturated carbocycles. The smallest absolute Gasteiger partial charge is 0.324 e. The third kappa shape index (κ3) is 3.28. The van der Waals surface area contributed by atoms with Crippen molar-refractivity contribution in [2.24, 2.45) is 0 Å². The third-order valence-corrected chi connectivity index (χ3v) is 4.11. The first-order chi connectivity index (χ1) is 13.1. The van der Waals surface area contributed by atoms with E-state index in [1.165, 1.54) is 4.57 Å². The number of amides is 1. The van der Waals surface area contributed by atoms with Crippen molar-refractivity contribution < 1.29 is 4.79 Å². The van der Waals surface area contributed by atoms with Crippen molar-refractivity contribution >= 4 is 22.5 Å². The average molecular weight is 361 g/mol. The highest BCUT2D eigenvalue weighted by Crippen LogP contribution is 2.14. The number of aromatic amines is 1. The molecule has 8 nitrogen and oxygen atoms in total. The van der Waals surface area contributed by atoms with Crippen LogP contribution < -0.4 is 16.6 Å². The van der Waals surface area contributed by atoms with Gasteiger partial charge in [0.25, 0.3) is 5.56 Å². The number of nitrogens with zero attached hydrogens (tertiary/aromatic N) is 3. The Morgan fingerprint density at radius 2 is 1.93 bits per heavy atom. The van der Waals surface area contributed by atoms with Crippen LogP contribution in [-0.4, -0.2) is 25.2 Å². The second kappa shape index (κ2) is 6.75. The Hall–Kier alpha value is -3.94. The lowest BCUT2D eigenvalue weighted by molar-refractivity contribution is -0.116. The molecule has 2 aromatic carbocycles. The predicted molar refractivity (Wildman–Crippen MR) is 101 cm³/mol. The van der Waals surface area contributed by atoms with Gasteiger partial charge in [-0.3, -0.25) is 19.1 Å². The zero-order valence-corrected chi connectivity index (χ0v) is 14.1. The minimum atomic E-state index is -0.626. The molecule has 0 aliphatic rings. The minimum Gasteiger partial charge on any atom is -0.324 e. The van der Waals surface area contributed by atoms with Gasteiger partial charge in [-0.05, 0) is 36.4 Å². The molecule has 0 unspecified atom stereocenters. The van der Waals surface area contributed by atoms with Crippen LogP contribution in [0.15, 0.2) is 76.6 Å². The van der Waals surface area contributed by atoms with E-state index in [0.717, 1.165) is 5.69 Å². The Labute approximate surface area is 152 Å². The maximum atomic E-state index is 12.5. The highest BCUT2D eigenvalue weighted by atomic mass is 16.2. The number of nitrogens with one attached hydrogen (secondary N) is 2. The summed E-state index contributed by atoms with van der Waals surface area (Å²) in [5.41, 5.74) is 0.684. The molecular weight excluding hydrogens is 346 g/mol. The van der Waals surface area contributed by atoms with E-state index in [-0.39, 0.29) is 12.5 Å². The lowest BCUT2D eigenvalue weighted by Crippen LogP contribution is -2.34. The lowest BCUT2D eigenvalue weighted by atomic mass is 10.2. The maximum absolute atomic E-state index is 12.5. The lowest BCUT2D eigenvalue weighted by Gasteiger charge is -2.11. The summed E-state index contributed by atoms with van der Waals surface area (Å²) in [5, 5.41) is 7.27. The summed E-state index contributed by atoms with van der Waals surface area (Å²) in [7, 11) is 0. The topological polar surface area (TPSA) is 102 Å². The third-order valence-electron chi connectivity index (χ3n) is 4.11. The van der Waals surface area contributed by atoms with Gasteiger partial charge in [0.2, 0.25) is 5.91 Å². The van der Waals surface area contributed by atoms with Gasteiger partial charge in [-0.15, -0.1) is 0 Å². The Bertz CT molecular complexity index is 1240. The van der Waals surface area contributed by atoms with E-state index in [1.54, 1.807) is 65.6 Å². The fourth-order valence-corrected chi connectivity index (χ4v) is 2.89. The summed E-state index contributed by atoms with van der Waals surface area (Å²) in [5.74, 6) is -0.382. The molecule has 0 aliphatic carbocycles. The summed E-state index contributed by atoms with van der Waals surface area (Å²) < 4.78 is 2.92. The van der Waals surface area contributed by atoms with Gasteiger partial charge in [0.1, 0.15) is 6.54 Å². The standard InChI is InChI=1S/C19H15N5O3/c25-17(21-13-5-3-6-14(11-13)24-10-4-9-20-24)12-23-16-8-2-1-7-15(16)18(26)22-19(23)27/h1-11H,12H2,(H,21,25)(H,22,26,27). The van der Waals surface area contributed by atoms with Crippen LogP contribution in [0.3, 0.4) is 0 Å². The van der Waals surface area contributed by atoms with Crippen molar-refractivity contribution in [3.05, 3.63) is 87.8 Å². The maximum Gasteiger partial charge on any atom is 0.329 e. The molecule has 0 radical (unpaired) electrons. The second-order valence-corrected chi connectivity index (χ2v) is 5.91. The Kier molecular flexibility index (Phi) is 4.13. The Morgan fingerprint density at radius 1 is 1.07 bits per heavy atom. The number of hydrogen-bond acceptors (Lipinski definition) is 4. The molecule has 134 valence electrons. The van der Waals surface area contributed by atoms with Crippen molar-refractivity contribution in [2.75, 3.05) is 5.32 Å².